The normalized spacial score (nSPS) is 12.2. The smallest absolute Gasteiger partial charge is 0.221 e. The Labute approximate surface area is 144 Å². The van der Waals surface area contributed by atoms with Crippen molar-refractivity contribution >= 4 is 11.6 Å². The molecule has 0 aliphatic heterocycles. The highest BCUT2D eigenvalue weighted by atomic mass is 16.1. The van der Waals surface area contributed by atoms with Gasteiger partial charge in [0.05, 0.1) is 5.69 Å². The minimum absolute atomic E-state index is 0.0451. The van der Waals surface area contributed by atoms with E-state index in [1.165, 1.54) is 12.5 Å². The third-order valence-electron chi connectivity index (χ3n) is 3.83. The largest absolute Gasteiger partial charge is 0.326 e. The molecule has 0 fully saturated rings. The Kier molecular flexibility index (Phi) is 6.94. The molecule has 0 saturated heterocycles. The van der Waals surface area contributed by atoms with E-state index in [2.05, 4.69) is 47.7 Å². The fraction of sp³-hybridized carbons (Fsp3) is 0.400. The predicted molar refractivity (Wildman–Crippen MR) is 98.9 cm³/mol. The molecule has 0 aliphatic carbocycles. The number of rotatable bonds is 8. The summed E-state index contributed by atoms with van der Waals surface area (Å²) in [7, 11) is 0. The highest BCUT2D eigenvalue weighted by Crippen LogP contribution is 2.19. The van der Waals surface area contributed by atoms with Crippen LogP contribution in [0.5, 0.6) is 0 Å². The van der Waals surface area contributed by atoms with Gasteiger partial charge in [0.15, 0.2) is 0 Å². The first-order valence-corrected chi connectivity index (χ1v) is 8.55. The zero-order chi connectivity index (χ0) is 17.4. The van der Waals surface area contributed by atoms with E-state index >= 15 is 0 Å². The Hall–Kier alpha value is -2.20. The summed E-state index contributed by atoms with van der Waals surface area (Å²) in [6, 6.07) is 14.4. The molecule has 2 aromatic rings. The van der Waals surface area contributed by atoms with Crippen molar-refractivity contribution in [2.75, 3.05) is 11.9 Å². The summed E-state index contributed by atoms with van der Waals surface area (Å²) in [6.45, 7) is 6.88. The number of nitrogens with zero attached hydrogens (tertiary/aromatic N) is 1. The summed E-state index contributed by atoms with van der Waals surface area (Å²) < 4.78 is 0. The maximum Gasteiger partial charge on any atom is 0.221 e. The van der Waals surface area contributed by atoms with Gasteiger partial charge in [-0.2, -0.15) is 0 Å². The maximum absolute atomic E-state index is 11.0. The number of amides is 1. The number of carbonyl (C=O) groups excluding carboxylic acids is 1. The van der Waals surface area contributed by atoms with Gasteiger partial charge in [-0.25, -0.2) is 0 Å². The minimum Gasteiger partial charge on any atom is -0.326 e. The molecule has 0 bridgehead atoms. The van der Waals surface area contributed by atoms with Crippen molar-refractivity contribution in [3.05, 3.63) is 59.9 Å². The lowest BCUT2D eigenvalue weighted by Crippen LogP contribution is -2.25. The van der Waals surface area contributed by atoms with Crippen LogP contribution in [0.2, 0.25) is 0 Å². The van der Waals surface area contributed by atoms with Crippen LogP contribution >= 0.6 is 0 Å². The lowest BCUT2D eigenvalue weighted by molar-refractivity contribution is -0.114. The van der Waals surface area contributed by atoms with Crippen molar-refractivity contribution < 1.29 is 4.79 Å². The van der Waals surface area contributed by atoms with Gasteiger partial charge >= 0.3 is 0 Å². The van der Waals surface area contributed by atoms with E-state index in [9.17, 15) is 4.79 Å². The van der Waals surface area contributed by atoms with Crippen LogP contribution in [-0.2, 0) is 11.2 Å². The van der Waals surface area contributed by atoms with E-state index in [0.29, 0.717) is 5.92 Å². The molecule has 0 spiro atoms. The molecule has 1 atom stereocenters. The number of benzene rings is 1. The molecule has 0 radical (unpaired) electrons. The number of carbonyl (C=O) groups is 1. The van der Waals surface area contributed by atoms with Crippen LogP contribution in [0, 0.1) is 5.92 Å². The Balaban J connectivity index is 1.89. The standard InChI is InChI=1S/C20H27N3O/c1-15(2)14-20(19-6-4-5-12-21-19)22-13-11-17-7-9-18(10-8-17)23-16(3)24/h4-10,12,15,20,22H,11,13-14H2,1-3H3,(H,23,24). The van der Waals surface area contributed by atoms with Crippen molar-refractivity contribution in [2.45, 2.75) is 39.7 Å². The molecule has 1 amide bonds. The second kappa shape index (κ2) is 9.18. The maximum atomic E-state index is 11.0. The number of anilines is 1. The van der Waals surface area contributed by atoms with Crippen molar-refractivity contribution in [1.29, 1.82) is 0 Å². The Morgan fingerprint density at radius 2 is 1.88 bits per heavy atom. The SMILES string of the molecule is CC(=O)Nc1ccc(CCNC(CC(C)C)c2ccccn2)cc1. The molecular formula is C20H27N3O. The summed E-state index contributed by atoms with van der Waals surface area (Å²) in [5.74, 6) is 0.567. The van der Waals surface area contributed by atoms with E-state index in [-0.39, 0.29) is 11.9 Å². The highest BCUT2D eigenvalue weighted by Gasteiger charge is 2.13. The molecule has 0 aliphatic rings. The summed E-state index contributed by atoms with van der Waals surface area (Å²) in [6.07, 6.45) is 3.87. The molecular weight excluding hydrogens is 298 g/mol. The van der Waals surface area contributed by atoms with Gasteiger partial charge in [0.2, 0.25) is 5.91 Å². The first-order valence-electron chi connectivity index (χ1n) is 8.55. The van der Waals surface area contributed by atoms with Crippen LogP contribution in [0.4, 0.5) is 5.69 Å². The third kappa shape index (κ3) is 6.13. The average molecular weight is 325 g/mol. The predicted octanol–water partition coefficient (Wildman–Crippen LogP) is 3.96. The van der Waals surface area contributed by atoms with E-state index in [1.807, 2.05) is 30.5 Å². The molecule has 4 heteroatoms. The van der Waals surface area contributed by atoms with E-state index in [0.717, 1.165) is 30.8 Å². The van der Waals surface area contributed by atoms with Gasteiger partial charge in [0, 0.05) is 24.8 Å². The van der Waals surface area contributed by atoms with Crippen molar-refractivity contribution in [3.8, 4) is 0 Å². The summed E-state index contributed by atoms with van der Waals surface area (Å²) in [5.41, 5.74) is 3.19. The molecule has 2 rings (SSSR count). The number of pyridine rings is 1. The second-order valence-electron chi connectivity index (χ2n) is 6.52. The number of hydrogen-bond acceptors (Lipinski definition) is 3. The van der Waals surface area contributed by atoms with Gasteiger partial charge in [-0.3, -0.25) is 9.78 Å². The highest BCUT2D eigenvalue weighted by molar-refractivity contribution is 5.88. The van der Waals surface area contributed by atoms with Gasteiger partial charge in [0.25, 0.3) is 0 Å². The molecule has 2 N–H and O–H groups in total. The molecule has 4 nitrogen and oxygen atoms in total. The van der Waals surface area contributed by atoms with E-state index in [1.54, 1.807) is 0 Å². The fourth-order valence-corrected chi connectivity index (χ4v) is 2.71. The molecule has 24 heavy (non-hydrogen) atoms. The van der Waals surface area contributed by atoms with Crippen LogP contribution in [0.3, 0.4) is 0 Å². The van der Waals surface area contributed by atoms with Crippen LogP contribution in [-0.4, -0.2) is 17.4 Å². The lowest BCUT2D eigenvalue weighted by Gasteiger charge is -2.20. The molecule has 128 valence electrons. The first-order chi connectivity index (χ1) is 11.5. The Morgan fingerprint density at radius 1 is 1.12 bits per heavy atom. The molecule has 1 aromatic carbocycles. The topological polar surface area (TPSA) is 54.0 Å². The van der Waals surface area contributed by atoms with Crippen molar-refractivity contribution in [2.24, 2.45) is 5.92 Å². The van der Waals surface area contributed by atoms with Gasteiger partial charge in [-0.05, 0) is 55.1 Å². The number of aromatic nitrogens is 1. The van der Waals surface area contributed by atoms with Gasteiger partial charge in [-0.15, -0.1) is 0 Å². The Bertz CT molecular complexity index is 623. The zero-order valence-corrected chi connectivity index (χ0v) is 14.8. The van der Waals surface area contributed by atoms with Crippen molar-refractivity contribution in [3.63, 3.8) is 0 Å². The fourth-order valence-electron chi connectivity index (χ4n) is 2.71. The average Bonchev–Trinajstić information content (AvgIpc) is 2.55. The minimum atomic E-state index is -0.0451. The lowest BCUT2D eigenvalue weighted by atomic mass is 10.0. The van der Waals surface area contributed by atoms with Crippen LogP contribution in [0.15, 0.2) is 48.7 Å². The molecule has 0 saturated carbocycles. The molecule has 1 heterocycles. The van der Waals surface area contributed by atoms with Gasteiger partial charge < -0.3 is 10.6 Å². The second-order valence-corrected chi connectivity index (χ2v) is 6.52. The van der Waals surface area contributed by atoms with Crippen LogP contribution in [0.1, 0.15) is 44.5 Å². The van der Waals surface area contributed by atoms with Crippen LogP contribution in [0.25, 0.3) is 0 Å². The number of nitrogens with one attached hydrogen (secondary N) is 2. The number of hydrogen-bond donors (Lipinski definition) is 2. The Morgan fingerprint density at radius 3 is 2.46 bits per heavy atom. The van der Waals surface area contributed by atoms with E-state index in [4.69, 9.17) is 0 Å². The monoisotopic (exact) mass is 325 g/mol. The summed E-state index contributed by atoms with van der Waals surface area (Å²) in [5, 5.41) is 6.42. The quantitative estimate of drug-likeness (QED) is 0.772. The van der Waals surface area contributed by atoms with Gasteiger partial charge in [-0.1, -0.05) is 32.0 Å². The first kappa shape index (κ1) is 18.1. The van der Waals surface area contributed by atoms with Crippen LogP contribution < -0.4 is 10.6 Å². The van der Waals surface area contributed by atoms with Gasteiger partial charge in [0.1, 0.15) is 0 Å². The molecule has 1 aromatic heterocycles. The molecule has 1 unspecified atom stereocenters. The van der Waals surface area contributed by atoms with E-state index < -0.39 is 0 Å². The summed E-state index contributed by atoms with van der Waals surface area (Å²) in [4.78, 5) is 15.5. The zero-order valence-electron chi connectivity index (χ0n) is 14.8. The van der Waals surface area contributed by atoms with Crippen molar-refractivity contribution in [1.82, 2.24) is 10.3 Å². The summed E-state index contributed by atoms with van der Waals surface area (Å²) >= 11 is 0. The third-order valence-corrected chi connectivity index (χ3v) is 3.83.